The summed E-state index contributed by atoms with van der Waals surface area (Å²) < 4.78 is 0. The van der Waals surface area contributed by atoms with Gasteiger partial charge in [0.05, 0.1) is 24.2 Å². The van der Waals surface area contributed by atoms with Crippen molar-refractivity contribution in [1.29, 1.82) is 0 Å². The molecule has 0 aromatic carbocycles. The number of allylic oxidation sites excluding steroid dienone is 1. The van der Waals surface area contributed by atoms with E-state index in [9.17, 15) is 0 Å². The fraction of sp³-hybridized carbons (Fsp3) is 0.733. The van der Waals surface area contributed by atoms with Gasteiger partial charge >= 0.3 is 0 Å². The Morgan fingerprint density at radius 1 is 1.06 bits per heavy atom. The number of hydrogen-bond acceptors (Lipinski definition) is 0. The summed E-state index contributed by atoms with van der Waals surface area (Å²) in [6, 6.07) is 1.27. The van der Waals surface area contributed by atoms with E-state index in [0.29, 0.717) is 0 Å². The third kappa shape index (κ3) is 2.61. The van der Waals surface area contributed by atoms with Gasteiger partial charge in [-0.05, 0) is 13.0 Å². The quantitative estimate of drug-likeness (QED) is 0.500. The van der Waals surface area contributed by atoms with Gasteiger partial charge in [-0.2, -0.15) is 0 Å². The van der Waals surface area contributed by atoms with Crippen molar-refractivity contribution < 1.29 is 0 Å². The summed E-state index contributed by atoms with van der Waals surface area (Å²) in [5.74, 6) is 3.19. The van der Waals surface area contributed by atoms with Crippen LogP contribution in [0.1, 0.15) is 6.92 Å². The molecule has 0 saturated carbocycles. The normalized spacial score (nSPS) is 28.4. The highest BCUT2D eigenvalue weighted by molar-refractivity contribution is 7.08. The van der Waals surface area contributed by atoms with Gasteiger partial charge in [0, 0.05) is 5.41 Å². The van der Waals surface area contributed by atoms with E-state index in [-0.39, 0.29) is 5.41 Å². The Labute approximate surface area is 117 Å². The fourth-order valence-corrected chi connectivity index (χ4v) is 24.1. The van der Waals surface area contributed by atoms with Crippen molar-refractivity contribution in [2.24, 2.45) is 5.41 Å². The molecule has 1 heterocycles. The summed E-state index contributed by atoms with van der Waals surface area (Å²) in [5, 5.41) is 1.76. The van der Waals surface area contributed by atoms with Gasteiger partial charge in [-0.1, -0.05) is 68.3 Å². The van der Waals surface area contributed by atoms with E-state index in [4.69, 9.17) is 6.42 Å². The van der Waals surface area contributed by atoms with E-state index >= 15 is 0 Å². The van der Waals surface area contributed by atoms with Crippen molar-refractivity contribution in [3.8, 4) is 12.3 Å². The molecular weight excluding hydrogens is 264 g/mol. The largest absolute Gasteiger partial charge is 0.119 e. The zero-order chi connectivity index (χ0) is 14.6. The third-order valence-corrected chi connectivity index (χ3v) is 16.1. The molecule has 18 heavy (non-hydrogen) atoms. The standard InChI is InChI=1S/C15H30Si3/c1-11-15(2)12-18(9,10)14(17(6,7)8)13(15)16(3,4)5/h1H,12H2,2-10H3. The minimum atomic E-state index is -1.34. The van der Waals surface area contributed by atoms with Gasteiger partial charge in [0.15, 0.2) is 0 Å². The van der Waals surface area contributed by atoms with Crippen molar-refractivity contribution in [2.75, 3.05) is 0 Å². The first-order valence-electron chi connectivity index (χ1n) is 7.00. The summed E-state index contributed by atoms with van der Waals surface area (Å²) in [4.78, 5) is 1.91. The molecule has 0 aromatic rings. The van der Waals surface area contributed by atoms with Crippen molar-refractivity contribution >= 4 is 24.2 Å². The van der Waals surface area contributed by atoms with Crippen LogP contribution in [0.25, 0.3) is 0 Å². The van der Waals surface area contributed by atoms with Crippen LogP contribution in [0.2, 0.25) is 58.4 Å². The van der Waals surface area contributed by atoms with E-state index in [2.05, 4.69) is 65.2 Å². The highest BCUT2D eigenvalue weighted by atomic mass is 28.4. The van der Waals surface area contributed by atoms with Gasteiger partial charge in [0.1, 0.15) is 0 Å². The number of hydrogen-bond donors (Lipinski definition) is 0. The van der Waals surface area contributed by atoms with Gasteiger partial charge in [-0.3, -0.25) is 0 Å². The van der Waals surface area contributed by atoms with E-state index < -0.39 is 24.2 Å². The summed E-state index contributed by atoms with van der Waals surface area (Å²) in [6.45, 7) is 22.4. The van der Waals surface area contributed by atoms with E-state index in [0.717, 1.165) is 0 Å². The van der Waals surface area contributed by atoms with Crippen molar-refractivity contribution in [3.05, 3.63) is 10.0 Å². The SMILES string of the molecule is C#CC1(C)C[Si](C)(C)C([Si](C)(C)C)=C1[Si](C)(C)C. The van der Waals surface area contributed by atoms with E-state index in [1.165, 1.54) is 6.04 Å². The molecule has 1 aliphatic heterocycles. The summed E-state index contributed by atoms with van der Waals surface area (Å²) in [6.07, 6.45) is 5.96. The Balaban J connectivity index is 3.69. The number of rotatable bonds is 2. The van der Waals surface area contributed by atoms with Crippen molar-refractivity contribution in [2.45, 2.75) is 65.3 Å². The fourth-order valence-electron chi connectivity index (χ4n) is 4.39. The van der Waals surface area contributed by atoms with Crippen LogP contribution in [0.4, 0.5) is 0 Å². The Hall–Kier alpha value is -0.0494. The molecule has 0 fully saturated rings. The Morgan fingerprint density at radius 3 is 1.78 bits per heavy atom. The van der Waals surface area contributed by atoms with Crippen LogP contribution in [0.15, 0.2) is 10.0 Å². The molecule has 1 rings (SSSR count). The third-order valence-electron chi connectivity index (χ3n) is 4.09. The monoisotopic (exact) mass is 294 g/mol. The molecule has 0 N–H and O–H groups in total. The molecule has 0 bridgehead atoms. The highest BCUT2D eigenvalue weighted by Gasteiger charge is 2.53. The second kappa shape index (κ2) is 4.22. The zero-order valence-electron chi connectivity index (χ0n) is 13.8. The topological polar surface area (TPSA) is 0 Å². The maximum absolute atomic E-state index is 5.96. The lowest BCUT2D eigenvalue weighted by molar-refractivity contribution is 0.637. The van der Waals surface area contributed by atoms with Crippen LogP contribution >= 0.6 is 0 Å². The smallest absolute Gasteiger partial charge is 0.0733 e. The first-order chi connectivity index (χ1) is 7.76. The lowest BCUT2D eigenvalue weighted by Gasteiger charge is -2.35. The molecule has 1 atom stereocenters. The molecule has 0 radical (unpaired) electrons. The van der Waals surface area contributed by atoms with Crippen LogP contribution in [0.5, 0.6) is 0 Å². The van der Waals surface area contributed by atoms with E-state index in [1.54, 1.807) is 5.20 Å². The molecule has 0 amide bonds. The van der Waals surface area contributed by atoms with Crippen LogP contribution in [0.3, 0.4) is 0 Å². The van der Waals surface area contributed by atoms with Crippen LogP contribution < -0.4 is 0 Å². The molecule has 1 aliphatic rings. The zero-order valence-corrected chi connectivity index (χ0v) is 16.8. The highest BCUT2D eigenvalue weighted by Crippen LogP contribution is 2.53. The second-order valence-electron chi connectivity index (χ2n) is 8.79. The maximum Gasteiger partial charge on any atom is 0.0733 e. The van der Waals surface area contributed by atoms with Gasteiger partial charge in [-0.15, -0.1) is 6.42 Å². The van der Waals surface area contributed by atoms with Crippen LogP contribution in [-0.2, 0) is 0 Å². The summed E-state index contributed by atoms with van der Waals surface area (Å²) in [7, 11) is -3.89. The Kier molecular flexibility index (Phi) is 3.76. The van der Waals surface area contributed by atoms with Crippen molar-refractivity contribution in [3.63, 3.8) is 0 Å². The van der Waals surface area contributed by atoms with Gasteiger partial charge in [0.2, 0.25) is 0 Å². The molecule has 0 nitrogen and oxygen atoms in total. The van der Waals surface area contributed by atoms with Crippen LogP contribution in [-0.4, -0.2) is 24.2 Å². The summed E-state index contributed by atoms with van der Waals surface area (Å²) in [5.41, 5.74) is 0.0653. The summed E-state index contributed by atoms with van der Waals surface area (Å²) >= 11 is 0. The average Bonchev–Trinajstić information content (AvgIpc) is 2.31. The van der Waals surface area contributed by atoms with Gasteiger partial charge in [0.25, 0.3) is 0 Å². The first kappa shape index (κ1) is 16.0. The maximum atomic E-state index is 5.96. The van der Waals surface area contributed by atoms with Gasteiger partial charge < -0.3 is 0 Å². The van der Waals surface area contributed by atoms with Gasteiger partial charge in [-0.25, -0.2) is 0 Å². The molecule has 1 unspecified atom stereocenters. The molecular formula is C15H30Si3. The van der Waals surface area contributed by atoms with Crippen LogP contribution in [0, 0.1) is 17.8 Å². The minimum absolute atomic E-state index is 0.0653. The average molecular weight is 295 g/mol. The predicted octanol–water partition coefficient (Wildman–Crippen LogP) is 4.94. The minimum Gasteiger partial charge on any atom is -0.119 e. The van der Waals surface area contributed by atoms with E-state index in [1.807, 2.05) is 4.82 Å². The molecule has 0 aliphatic carbocycles. The predicted molar refractivity (Wildman–Crippen MR) is 92.9 cm³/mol. The Morgan fingerprint density at radius 2 is 1.50 bits per heavy atom. The lowest BCUT2D eigenvalue weighted by atomic mass is 9.95. The molecule has 102 valence electrons. The molecule has 3 heteroatoms. The number of terminal acetylenes is 1. The second-order valence-corrected chi connectivity index (χ2v) is 23.9. The molecule has 0 aromatic heterocycles. The Bertz CT molecular complexity index is 424. The molecule has 0 saturated heterocycles. The molecule has 0 spiro atoms. The lowest BCUT2D eigenvalue weighted by Crippen LogP contribution is -2.42. The first-order valence-corrected chi connectivity index (χ1v) is 17.2. The van der Waals surface area contributed by atoms with Crippen molar-refractivity contribution in [1.82, 2.24) is 0 Å².